The normalized spacial score (nSPS) is 14.5. The van der Waals surface area contributed by atoms with Gasteiger partial charge >= 0.3 is 0 Å². The van der Waals surface area contributed by atoms with Crippen LogP contribution in [0.15, 0.2) is 54.6 Å². The number of nitriles is 1. The molecule has 0 aliphatic carbocycles. The Morgan fingerprint density at radius 1 is 1.06 bits per heavy atom. The van der Waals surface area contributed by atoms with E-state index < -0.39 is 0 Å². The second-order valence-corrected chi connectivity index (χ2v) is 8.33. The molecule has 0 bridgehead atoms. The summed E-state index contributed by atoms with van der Waals surface area (Å²) in [6, 6.07) is 20.0. The Kier molecular flexibility index (Phi) is 8.82. The molecule has 1 saturated heterocycles. The van der Waals surface area contributed by atoms with Gasteiger partial charge in [0.05, 0.1) is 12.5 Å². The number of nitrogens with one attached hydrogen (secondary N) is 1. The first-order valence-corrected chi connectivity index (χ1v) is 11.4. The van der Waals surface area contributed by atoms with Crippen molar-refractivity contribution in [3.63, 3.8) is 0 Å². The fourth-order valence-electron chi connectivity index (χ4n) is 4.09. The molecule has 6 nitrogen and oxygen atoms in total. The van der Waals surface area contributed by atoms with Crippen LogP contribution in [0.2, 0.25) is 0 Å². The number of carbonyl (C=O) groups is 2. The Balaban J connectivity index is 1.42. The summed E-state index contributed by atoms with van der Waals surface area (Å²) in [6.45, 7) is 5.32. The van der Waals surface area contributed by atoms with Crippen molar-refractivity contribution in [2.45, 2.75) is 51.6 Å². The lowest BCUT2D eigenvalue weighted by molar-refractivity contribution is -0.125. The molecule has 0 unspecified atom stereocenters. The van der Waals surface area contributed by atoms with Gasteiger partial charge in [0.15, 0.2) is 0 Å². The van der Waals surface area contributed by atoms with Crippen molar-refractivity contribution in [2.24, 2.45) is 0 Å². The third-order valence-corrected chi connectivity index (χ3v) is 5.99. The zero-order valence-corrected chi connectivity index (χ0v) is 18.8. The quantitative estimate of drug-likeness (QED) is 0.654. The lowest BCUT2D eigenvalue weighted by Crippen LogP contribution is -2.44. The maximum absolute atomic E-state index is 12.7. The Hall–Kier alpha value is -3.17. The van der Waals surface area contributed by atoms with Crippen molar-refractivity contribution < 1.29 is 9.59 Å². The minimum absolute atomic E-state index is 0.0796. The van der Waals surface area contributed by atoms with E-state index in [0.29, 0.717) is 6.54 Å². The van der Waals surface area contributed by atoms with E-state index in [0.717, 1.165) is 38.2 Å². The summed E-state index contributed by atoms with van der Waals surface area (Å²) in [5, 5.41) is 12.0. The molecule has 0 aromatic heterocycles. The van der Waals surface area contributed by atoms with Gasteiger partial charge < -0.3 is 10.2 Å². The number of benzene rings is 2. The third-order valence-electron chi connectivity index (χ3n) is 5.99. The summed E-state index contributed by atoms with van der Waals surface area (Å²) in [5.41, 5.74) is 3.42. The van der Waals surface area contributed by atoms with Crippen molar-refractivity contribution >= 4 is 17.5 Å². The highest BCUT2D eigenvalue weighted by molar-refractivity contribution is 5.95. The fraction of sp³-hybridized carbons (Fsp3) is 0.423. The van der Waals surface area contributed by atoms with Crippen LogP contribution >= 0.6 is 0 Å². The van der Waals surface area contributed by atoms with Gasteiger partial charge in [-0.3, -0.25) is 14.5 Å². The third kappa shape index (κ3) is 6.93. The van der Waals surface area contributed by atoms with E-state index in [1.165, 1.54) is 11.1 Å². The van der Waals surface area contributed by atoms with Crippen molar-refractivity contribution in [1.29, 1.82) is 5.26 Å². The molecular formula is C26H32N4O2. The maximum atomic E-state index is 12.7. The van der Waals surface area contributed by atoms with E-state index >= 15 is 0 Å². The molecule has 3 rings (SSSR count). The van der Waals surface area contributed by atoms with E-state index in [4.69, 9.17) is 5.26 Å². The van der Waals surface area contributed by atoms with E-state index in [-0.39, 0.29) is 37.1 Å². The molecule has 1 aliphatic heterocycles. The van der Waals surface area contributed by atoms with Gasteiger partial charge in [-0.2, -0.15) is 5.26 Å². The predicted octanol–water partition coefficient (Wildman–Crippen LogP) is 3.80. The molecule has 2 aromatic carbocycles. The standard InChI is InChI=1S/C26H32N4O2/c1-21-8-5-6-9-22(21)20-29-18-14-23(15-19-29)28-25(31)12-13-26(32)30(17-7-16-27)24-10-3-2-4-11-24/h2-6,8-11,23H,7,12-15,17-20H2,1H3,(H,28,31). The van der Waals surface area contributed by atoms with Crippen LogP contribution in [0.5, 0.6) is 0 Å². The summed E-state index contributed by atoms with van der Waals surface area (Å²) in [6.07, 6.45) is 2.40. The number of anilines is 1. The lowest BCUT2D eigenvalue weighted by Gasteiger charge is -2.32. The Morgan fingerprint density at radius 3 is 2.44 bits per heavy atom. The molecule has 0 atom stereocenters. The number of hydrogen-bond acceptors (Lipinski definition) is 4. The molecular weight excluding hydrogens is 400 g/mol. The summed E-state index contributed by atoms with van der Waals surface area (Å²) in [5.74, 6) is -0.210. The fourth-order valence-corrected chi connectivity index (χ4v) is 4.09. The Labute approximate surface area is 190 Å². The number of piperidine rings is 1. The monoisotopic (exact) mass is 432 g/mol. The summed E-state index contributed by atoms with van der Waals surface area (Å²) in [4.78, 5) is 29.2. The van der Waals surface area contributed by atoms with Crippen LogP contribution in [0.25, 0.3) is 0 Å². The largest absolute Gasteiger partial charge is 0.353 e. The molecule has 1 fully saturated rings. The Bertz CT molecular complexity index is 930. The minimum Gasteiger partial charge on any atom is -0.353 e. The summed E-state index contributed by atoms with van der Waals surface area (Å²) in [7, 11) is 0. The number of amides is 2. The molecule has 1 aliphatic rings. The van der Waals surface area contributed by atoms with Gasteiger partial charge in [-0.25, -0.2) is 0 Å². The highest BCUT2D eigenvalue weighted by atomic mass is 16.2. The van der Waals surface area contributed by atoms with Crippen LogP contribution in [-0.4, -0.2) is 42.4 Å². The zero-order chi connectivity index (χ0) is 22.8. The van der Waals surface area contributed by atoms with Crippen LogP contribution in [0.1, 0.15) is 43.2 Å². The number of aryl methyl sites for hydroxylation is 1. The molecule has 0 radical (unpaired) electrons. The van der Waals surface area contributed by atoms with Crippen molar-refractivity contribution in [2.75, 3.05) is 24.5 Å². The van der Waals surface area contributed by atoms with E-state index in [1.807, 2.05) is 30.3 Å². The van der Waals surface area contributed by atoms with Gasteiger partial charge in [-0.1, -0.05) is 42.5 Å². The highest BCUT2D eigenvalue weighted by Crippen LogP contribution is 2.18. The average Bonchev–Trinajstić information content (AvgIpc) is 2.81. The molecule has 6 heteroatoms. The van der Waals surface area contributed by atoms with Gasteiger partial charge in [-0.15, -0.1) is 0 Å². The molecule has 2 amide bonds. The van der Waals surface area contributed by atoms with Crippen LogP contribution in [0, 0.1) is 18.3 Å². The topological polar surface area (TPSA) is 76.4 Å². The summed E-state index contributed by atoms with van der Waals surface area (Å²) < 4.78 is 0. The second kappa shape index (κ2) is 12.0. The number of carbonyl (C=O) groups excluding carboxylic acids is 2. The van der Waals surface area contributed by atoms with Crippen LogP contribution in [0.3, 0.4) is 0 Å². The van der Waals surface area contributed by atoms with Gasteiger partial charge in [0.25, 0.3) is 0 Å². The maximum Gasteiger partial charge on any atom is 0.227 e. The number of nitrogens with zero attached hydrogens (tertiary/aromatic N) is 3. The smallest absolute Gasteiger partial charge is 0.227 e. The number of rotatable bonds is 9. The number of hydrogen-bond donors (Lipinski definition) is 1. The van der Waals surface area contributed by atoms with Crippen LogP contribution < -0.4 is 10.2 Å². The van der Waals surface area contributed by atoms with Crippen molar-refractivity contribution in [1.82, 2.24) is 10.2 Å². The van der Waals surface area contributed by atoms with Gasteiger partial charge in [-0.05, 0) is 43.0 Å². The molecule has 0 spiro atoms. The van der Waals surface area contributed by atoms with Crippen molar-refractivity contribution in [3.05, 3.63) is 65.7 Å². The zero-order valence-electron chi connectivity index (χ0n) is 18.8. The first-order chi connectivity index (χ1) is 15.6. The number of para-hydroxylation sites is 1. The van der Waals surface area contributed by atoms with Crippen molar-refractivity contribution in [3.8, 4) is 6.07 Å². The van der Waals surface area contributed by atoms with Gasteiger partial charge in [0, 0.05) is 50.7 Å². The number of likely N-dealkylation sites (tertiary alicyclic amines) is 1. The first-order valence-electron chi connectivity index (χ1n) is 11.4. The van der Waals surface area contributed by atoms with Gasteiger partial charge in [0.1, 0.15) is 0 Å². The predicted molar refractivity (Wildman–Crippen MR) is 126 cm³/mol. The van der Waals surface area contributed by atoms with Crippen LogP contribution in [-0.2, 0) is 16.1 Å². The highest BCUT2D eigenvalue weighted by Gasteiger charge is 2.22. The molecule has 32 heavy (non-hydrogen) atoms. The first kappa shape index (κ1) is 23.5. The second-order valence-electron chi connectivity index (χ2n) is 8.33. The van der Waals surface area contributed by atoms with Gasteiger partial charge in [0.2, 0.25) is 11.8 Å². The SMILES string of the molecule is Cc1ccccc1CN1CCC(NC(=O)CCC(=O)N(CCC#N)c2ccccc2)CC1. The van der Waals surface area contributed by atoms with E-state index in [1.54, 1.807) is 4.90 Å². The average molecular weight is 433 g/mol. The Morgan fingerprint density at radius 2 is 1.75 bits per heavy atom. The summed E-state index contributed by atoms with van der Waals surface area (Å²) >= 11 is 0. The van der Waals surface area contributed by atoms with E-state index in [2.05, 4.69) is 47.5 Å². The molecule has 168 valence electrons. The lowest BCUT2D eigenvalue weighted by atomic mass is 10.0. The molecule has 1 N–H and O–H groups in total. The minimum atomic E-state index is -0.130. The molecule has 1 heterocycles. The van der Waals surface area contributed by atoms with Crippen LogP contribution in [0.4, 0.5) is 5.69 Å². The molecule has 0 saturated carbocycles. The van der Waals surface area contributed by atoms with E-state index in [9.17, 15) is 9.59 Å². The molecule has 2 aromatic rings.